The number of anilines is 1. The zero-order valence-electron chi connectivity index (χ0n) is 23.0. The van der Waals surface area contributed by atoms with E-state index in [1.807, 2.05) is 36.5 Å². The van der Waals surface area contributed by atoms with Crippen LogP contribution < -0.4 is 5.32 Å². The van der Waals surface area contributed by atoms with Crippen molar-refractivity contribution in [2.45, 2.75) is 44.9 Å². The van der Waals surface area contributed by atoms with E-state index in [1.165, 1.54) is 57.5 Å². The Labute approximate surface area is 239 Å². The predicted octanol–water partition coefficient (Wildman–Crippen LogP) is 8.30. The highest BCUT2D eigenvalue weighted by Gasteiger charge is 2.34. The van der Waals surface area contributed by atoms with Gasteiger partial charge in [-0.1, -0.05) is 42.5 Å². The summed E-state index contributed by atoms with van der Waals surface area (Å²) < 4.78 is 0. The molecule has 7 rings (SSSR count). The van der Waals surface area contributed by atoms with E-state index in [-0.39, 0.29) is 17.4 Å². The number of hydrogen-bond acceptors (Lipinski definition) is 5. The number of rotatable bonds is 3. The molecule has 3 aliphatic rings. The number of ketones is 1. The number of aliphatic imine (C=N–C) groups is 1. The van der Waals surface area contributed by atoms with Gasteiger partial charge in [0.1, 0.15) is 0 Å². The average Bonchev–Trinajstić information content (AvgIpc) is 3.26. The lowest BCUT2D eigenvalue weighted by atomic mass is 9.70. The number of carbonyl (C=O) groups is 1. The summed E-state index contributed by atoms with van der Waals surface area (Å²) in [5.41, 5.74) is 11.4. The zero-order valence-corrected chi connectivity index (χ0v) is 23.0. The first-order chi connectivity index (χ1) is 20.0. The van der Waals surface area contributed by atoms with Crippen molar-refractivity contribution in [2.24, 2.45) is 4.99 Å². The molecular formula is C35H31N3O3. The van der Waals surface area contributed by atoms with E-state index in [0.717, 1.165) is 30.6 Å². The number of benzene rings is 4. The molecule has 0 saturated carbocycles. The van der Waals surface area contributed by atoms with Crippen LogP contribution in [0.2, 0.25) is 0 Å². The van der Waals surface area contributed by atoms with E-state index < -0.39 is 4.92 Å². The molecule has 0 amide bonds. The van der Waals surface area contributed by atoms with Gasteiger partial charge < -0.3 is 5.32 Å². The molecule has 1 N–H and O–H groups in total. The molecule has 6 nitrogen and oxygen atoms in total. The molecule has 0 aromatic heterocycles. The number of nitro groups is 1. The van der Waals surface area contributed by atoms with Gasteiger partial charge in [-0.05, 0) is 108 Å². The van der Waals surface area contributed by atoms with Crippen LogP contribution in [0.5, 0.6) is 0 Å². The SMILES string of the molecule is C1=CNc2ccccc2N=C1.Cc1cccc2c1CC(C(=O)c1ccc([N+](=O)[O-])cc1)c1c-2ccc2c1CCCC2. The Bertz CT molecular complexity index is 1700. The summed E-state index contributed by atoms with van der Waals surface area (Å²) in [5.74, 6) is -0.192. The van der Waals surface area contributed by atoms with Gasteiger partial charge in [-0.3, -0.25) is 19.9 Å². The summed E-state index contributed by atoms with van der Waals surface area (Å²) in [5, 5.41) is 14.1. The first-order valence-electron chi connectivity index (χ1n) is 14.1. The van der Waals surface area contributed by atoms with Gasteiger partial charge in [0.2, 0.25) is 0 Å². The van der Waals surface area contributed by atoms with Crippen molar-refractivity contribution >= 4 is 29.1 Å². The third kappa shape index (κ3) is 5.21. The summed E-state index contributed by atoms with van der Waals surface area (Å²) in [6.07, 6.45) is 10.6. The number of allylic oxidation sites excluding steroid dienone is 1. The Kier molecular flexibility index (Phi) is 7.30. The molecule has 1 aliphatic heterocycles. The molecule has 1 heterocycles. The van der Waals surface area contributed by atoms with Crippen LogP contribution in [-0.4, -0.2) is 16.9 Å². The van der Waals surface area contributed by atoms with Gasteiger partial charge in [0, 0.05) is 30.1 Å². The second-order valence-electron chi connectivity index (χ2n) is 10.7. The summed E-state index contributed by atoms with van der Waals surface area (Å²) in [6, 6.07) is 24.8. The van der Waals surface area contributed by atoms with E-state index in [2.05, 4.69) is 47.6 Å². The fourth-order valence-electron chi connectivity index (χ4n) is 6.21. The molecular weight excluding hydrogens is 510 g/mol. The Hall–Kier alpha value is -4.84. The van der Waals surface area contributed by atoms with Crippen molar-refractivity contribution in [2.75, 3.05) is 5.32 Å². The van der Waals surface area contributed by atoms with Crippen molar-refractivity contribution in [1.29, 1.82) is 0 Å². The number of hydrogen-bond donors (Lipinski definition) is 1. The van der Waals surface area contributed by atoms with Crippen LogP contribution in [0.4, 0.5) is 17.1 Å². The molecule has 6 heteroatoms. The molecule has 2 aliphatic carbocycles. The smallest absolute Gasteiger partial charge is 0.269 e. The topological polar surface area (TPSA) is 84.6 Å². The van der Waals surface area contributed by atoms with Crippen LogP contribution in [0.15, 0.2) is 96.1 Å². The molecule has 0 fully saturated rings. The maximum absolute atomic E-state index is 13.7. The number of aryl methyl sites for hydroxylation is 2. The van der Waals surface area contributed by atoms with E-state index in [4.69, 9.17) is 0 Å². The number of para-hydroxylation sites is 2. The summed E-state index contributed by atoms with van der Waals surface area (Å²) >= 11 is 0. The molecule has 0 spiro atoms. The number of nitrogens with zero attached hydrogens (tertiary/aromatic N) is 2. The first-order valence-corrected chi connectivity index (χ1v) is 14.1. The van der Waals surface area contributed by atoms with Gasteiger partial charge in [0.05, 0.1) is 22.2 Å². The number of non-ortho nitro benzene ring substituents is 1. The van der Waals surface area contributed by atoms with Gasteiger partial charge >= 0.3 is 0 Å². The van der Waals surface area contributed by atoms with Crippen molar-refractivity contribution in [1.82, 2.24) is 0 Å². The maximum atomic E-state index is 13.7. The molecule has 4 aromatic rings. The standard InChI is InChI=1S/C26H23NO3.C9H8N2/c1-16-5-4-8-21-22-14-11-17-6-2-3-7-20(17)25(22)24(15-23(16)21)26(28)18-9-12-19(13-10-18)27(29)30;1-2-5-9-8(4-1)10-6-3-7-11-9/h4-5,8-14,24H,2-3,6-7,15H2,1H3;1-7,10H. The first kappa shape index (κ1) is 26.4. The zero-order chi connectivity index (χ0) is 28.3. The van der Waals surface area contributed by atoms with E-state index in [1.54, 1.807) is 18.3 Å². The molecule has 0 saturated heterocycles. The Balaban J connectivity index is 0.000000229. The van der Waals surface area contributed by atoms with Crippen LogP contribution in [0.3, 0.4) is 0 Å². The number of carbonyl (C=O) groups excluding carboxylic acids is 1. The van der Waals surface area contributed by atoms with Gasteiger partial charge in [-0.25, -0.2) is 0 Å². The molecule has 4 aromatic carbocycles. The fraction of sp³-hybridized carbons (Fsp3) is 0.200. The lowest BCUT2D eigenvalue weighted by Crippen LogP contribution is -2.24. The molecule has 0 radical (unpaired) electrons. The lowest BCUT2D eigenvalue weighted by molar-refractivity contribution is -0.384. The second-order valence-corrected chi connectivity index (χ2v) is 10.7. The maximum Gasteiger partial charge on any atom is 0.269 e. The molecule has 1 unspecified atom stereocenters. The van der Waals surface area contributed by atoms with Gasteiger partial charge in [-0.2, -0.15) is 0 Å². The van der Waals surface area contributed by atoms with Gasteiger partial charge in [0.15, 0.2) is 5.78 Å². The third-order valence-corrected chi connectivity index (χ3v) is 8.25. The lowest BCUT2D eigenvalue weighted by Gasteiger charge is -2.33. The Morgan fingerprint density at radius 3 is 2.54 bits per heavy atom. The summed E-state index contributed by atoms with van der Waals surface area (Å²) in [6.45, 7) is 2.11. The van der Waals surface area contributed by atoms with E-state index in [0.29, 0.717) is 12.0 Å². The van der Waals surface area contributed by atoms with Crippen molar-refractivity contribution < 1.29 is 9.72 Å². The highest BCUT2D eigenvalue weighted by molar-refractivity contribution is 6.03. The second kappa shape index (κ2) is 11.3. The Morgan fingerprint density at radius 2 is 1.71 bits per heavy atom. The molecule has 204 valence electrons. The highest BCUT2D eigenvalue weighted by Crippen LogP contribution is 2.46. The number of nitrogens with one attached hydrogen (secondary N) is 1. The van der Waals surface area contributed by atoms with E-state index >= 15 is 0 Å². The van der Waals surface area contributed by atoms with Crippen LogP contribution in [0, 0.1) is 17.0 Å². The minimum atomic E-state index is -0.430. The van der Waals surface area contributed by atoms with Crippen molar-refractivity contribution in [3.63, 3.8) is 0 Å². The van der Waals surface area contributed by atoms with Crippen molar-refractivity contribution in [3.8, 4) is 11.1 Å². The quantitative estimate of drug-likeness (QED) is 0.161. The molecule has 41 heavy (non-hydrogen) atoms. The number of nitro benzene ring substituents is 1. The normalized spacial score (nSPS) is 16.0. The van der Waals surface area contributed by atoms with Gasteiger partial charge in [0.25, 0.3) is 5.69 Å². The largest absolute Gasteiger partial charge is 0.360 e. The number of fused-ring (bicyclic) bond motifs is 6. The van der Waals surface area contributed by atoms with Crippen molar-refractivity contribution in [3.05, 3.63) is 135 Å². The summed E-state index contributed by atoms with van der Waals surface area (Å²) in [7, 11) is 0. The molecule has 1 atom stereocenters. The predicted molar refractivity (Wildman–Crippen MR) is 164 cm³/mol. The monoisotopic (exact) mass is 541 g/mol. The minimum Gasteiger partial charge on any atom is -0.360 e. The molecule has 0 bridgehead atoms. The van der Waals surface area contributed by atoms with Crippen LogP contribution in [0.25, 0.3) is 11.1 Å². The van der Waals surface area contributed by atoms with Crippen LogP contribution in [0.1, 0.15) is 56.9 Å². The van der Waals surface area contributed by atoms with Crippen LogP contribution >= 0.6 is 0 Å². The Morgan fingerprint density at radius 1 is 0.902 bits per heavy atom. The van der Waals surface area contributed by atoms with Gasteiger partial charge in [-0.15, -0.1) is 0 Å². The number of Topliss-reactive ketones (excluding diaryl/α,β-unsaturated/α-hetero) is 1. The third-order valence-electron chi connectivity index (χ3n) is 8.25. The fourth-order valence-corrected chi connectivity index (χ4v) is 6.21. The van der Waals surface area contributed by atoms with Crippen LogP contribution in [-0.2, 0) is 19.3 Å². The average molecular weight is 542 g/mol. The minimum absolute atomic E-state index is 0.00848. The van der Waals surface area contributed by atoms with E-state index in [9.17, 15) is 14.9 Å². The highest BCUT2D eigenvalue weighted by atomic mass is 16.6. The summed E-state index contributed by atoms with van der Waals surface area (Å²) in [4.78, 5) is 28.5.